The molecule has 0 amide bonds. The van der Waals surface area contributed by atoms with Crippen LogP contribution in [0.3, 0.4) is 0 Å². The van der Waals surface area contributed by atoms with Gasteiger partial charge in [0.15, 0.2) is 11.6 Å². The summed E-state index contributed by atoms with van der Waals surface area (Å²) in [6.07, 6.45) is 2.68. The topological polar surface area (TPSA) is 76.8 Å². The van der Waals surface area contributed by atoms with Crippen molar-refractivity contribution in [1.29, 1.82) is 0 Å². The van der Waals surface area contributed by atoms with Crippen LogP contribution in [0.25, 0.3) is 22.4 Å². The van der Waals surface area contributed by atoms with Gasteiger partial charge in [0.2, 0.25) is 0 Å². The highest BCUT2D eigenvalue weighted by Gasteiger charge is 2.17. The number of nitrogens with two attached hydrogens (primary N) is 1. The van der Waals surface area contributed by atoms with Crippen molar-refractivity contribution < 1.29 is 9.13 Å². The molecule has 106 valence electrons. The summed E-state index contributed by atoms with van der Waals surface area (Å²) < 4.78 is 19.1. The molecule has 3 rings (SSSR count). The summed E-state index contributed by atoms with van der Waals surface area (Å²) in [4.78, 5) is 3.75. The fraction of sp³-hybridized carbons (Fsp3) is 0.0667. The number of ether oxygens (including phenoxy) is 1. The molecule has 0 spiro atoms. The molecule has 1 aromatic carbocycles. The maximum absolute atomic E-state index is 13.9. The molecule has 3 aromatic rings. The number of aromatic amines is 1. The first-order valence-corrected chi connectivity index (χ1v) is 6.29. The van der Waals surface area contributed by atoms with E-state index in [0.717, 1.165) is 17.5 Å². The van der Waals surface area contributed by atoms with E-state index < -0.39 is 5.82 Å². The van der Waals surface area contributed by atoms with E-state index in [1.54, 1.807) is 13.2 Å². The molecule has 2 aromatic heterocycles. The number of methoxy groups -OCH3 is 1. The van der Waals surface area contributed by atoms with E-state index in [1.807, 2.05) is 24.3 Å². The summed E-state index contributed by atoms with van der Waals surface area (Å²) in [7, 11) is 1.60. The van der Waals surface area contributed by atoms with Crippen LogP contribution in [0.5, 0.6) is 5.75 Å². The highest BCUT2D eigenvalue weighted by Crippen LogP contribution is 2.36. The van der Waals surface area contributed by atoms with Gasteiger partial charge in [-0.1, -0.05) is 12.1 Å². The minimum absolute atomic E-state index is 0.311. The number of rotatable bonds is 3. The number of pyridine rings is 1. The Balaban J connectivity index is 2.15. The van der Waals surface area contributed by atoms with Crippen molar-refractivity contribution in [2.45, 2.75) is 0 Å². The molecule has 3 N–H and O–H groups in total. The number of hydrogen-bond acceptors (Lipinski definition) is 4. The van der Waals surface area contributed by atoms with Crippen molar-refractivity contribution in [1.82, 2.24) is 15.2 Å². The van der Waals surface area contributed by atoms with Crippen molar-refractivity contribution in [3.8, 4) is 28.1 Å². The van der Waals surface area contributed by atoms with Crippen LogP contribution in [-0.2, 0) is 0 Å². The van der Waals surface area contributed by atoms with Crippen LogP contribution < -0.4 is 10.5 Å². The number of halogens is 1. The lowest BCUT2D eigenvalue weighted by atomic mass is 10.0. The highest BCUT2D eigenvalue weighted by molar-refractivity contribution is 5.87. The van der Waals surface area contributed by atoms with Crippen LogP contribution in [0, 0.1) is 5.82 Å². The van der Waals surface area contributed by atoms with Crippen LogP contribution in [0.15, 0.2) is 42.7 Å². The summed E-state index contributed by atoms with van der Waals surface area (Å²) >= 11 is 0. The number of aromatic nitrogens is 3. The second-order valence-electron chi connectivity index (χ2n) is 4.44. The average Bonchev–Trinajstić information content (AvgIpc) is 2.89. The molecule has 0 bridgehead atoms. The third-order valence-corrected chi connectivity index (χ3v) is 3.21. The number of H-pyrrole nitrogens is 1. The Morgan fingerprint density at radius 1 is 1.19 bits per heavy atom. The first-order valence-electron chi connectivity index (χ1n) is 6.29. The fourth-order valence-electron chi connectivity index (χ4n) is 2.18. The molecule has 0 unspecified atom stereocenters. The Morgan fingerprint density at radius 3 is 2.62 bits per heavy atom. The minimum Gasteiger partial charge on any atom is -0.497 e. The molecule has 2 heterocycles. The number of benzene rings is 1. The highest BCUT2D eigenvalue weighted by atomic mass is 19.1. The molecule has 21 heavy (non-hydrogen) atoms. The molecule has 0 fully saturated rings. The van der Waals surface area contributed by atoms with Gasteiger partial charge in [0.1, 0.15) is 5.75 Å². The Hall–Kier alpha value is -2.89. The Bertz CT molecular complexity index is 768. The van der Waals surface area contributed by atoms with Crippen LogP contribution in [0.2, 0.25) is 0 Å². The smallest absolute Gasteiger partial charge is 0.153 e. The van der Waals surface area contributed by atoms with Gasteiger partial charge in [-0.05, 0) is 23.8 Å². The number of nitrogens with one attached hydrogen (secondary N) is 1. The van der Waals surface area contributed by atoms with Gasteiger partial charge in [0.25, 0.3) is 0 Å². The van der Waals surface area contributed by atoms with Crippen LogP contribution in [0.1, 0.15) is 0 Å². The molecule has 0 aliphatic heterocycles. The van der Waals surface area contributed by atoms with Gasteiger partial charge in [0, 0.05) is 11.8 Å². The minimum atomic E-state index is -0.434. The molecule has 0 atom stereocenters. The van der Waals surface area contributed by atoms with Gasteiger partial charge in [0.05, 0.1) is 24.6 Å². The van der Waals surface area contributed by atoms with Gasteiger partial charge in [-0.2, -0.15) is 5.10 Å². The monoisotopic (exact) mass is 284 g/mol. The third kappa shape index (κ3) is 2.31. The molecular weight excluding hydrogens is 271 g/mol. The van der Waals surface area contributed by atoms with Gasteiger partial charge < -0.3 is 10.5 Å². The first-order chi connectivity index (χ1) is 10.2. The van der Waals surface area contributed by atoms with E-state index in [2.05, 4.69) is 15.2 Å². The Kier molecular flexibility index (Phi) is 3.27. The summed E-state index contributed by atoms with van der Waals surface area (Å²) in [5.74, 6) is 0.611. The van der Waals surface area contributed by atoms with Crippen LogP contribution >= 0.6 is 0 Å². The molecule has 6 heteroatoms. The summed E-state index contributed by atoms with van der Waals surface area (Å²) in [6, 6.07) is 8.91. The van der Waals surface area contributed by atoms with E-state index in [9.17, 15) is 4.39 Å². The number of nitrogens with zero attached hydrogens (tertiary/aromatic N) is 2. The van der Waals surface area contributed by atoms with E-state index in [0.29, 0.717) is 22.6 Å². The van der Waals surface area contributed by atoms with E-state index >= 15 is 0 Å². The van der Waals surface area contributed by atoms with E-state index in [1.165, 1.54) is 6.20 Å². The molecule has 0 aliphatic carbocycles. The lowest BCUT2D eigenvalue weighted by molar-refractivity contribution is 0.415. The first kappa shape index (κ1) is 13.1. The summed E-state index contributed by atoms with van der Waals surface area (Å²) in [5.41, 5.74) is 8.30. The second kappa shape index (κ2) is 5.24. The number of anilines is 1. The fourth-order valence-corrected chi connectivity index (χ4v) is 2.18. The van der Waals surface area contributed by atoms with Gasteiger partial charge in [-0.3, -0.25) is 10.1 Å². The SMILES string of the molecule is COc1ccc(-c2c(N)n[nH]c2-c2ccncc2F)cc1. The van der Waals surface area contributed by atoms with E-state index in [4.69, 9.17) is 10.5 Å². The lowest BCUT2D eigenvalue weighted by Gasteiger charge is -2.06. The van der Waals surface area contributed by atoms with E-state index in [-0.39, 0.29) is 0 Å². The Labute approximate surface area is 120 Å². The maximum Gasteiger partial charge on any atom is 0.153 e. The van der Waals surface area contributed by atoms with Crippen LogP contribution in [-0.4, -0.2) is 22.3 Å². The number of nitrogen functional groups attached to an aromatic ring is 1. The standard InChI is InChI=1S/C15H13FN4O/c1-21-10-4-2-9(3-5-10)13-14(19-20-15(13)17)11-6-7-18-8-12(11)16/h2-8H,1H3,(H3,17,19,20). The molecule has 0 aliphatic rings. The van der Waals surface area contributed by atoms with Crippen molar-refractivity contribution in [3.63, 3.8) is 0 Å². The molecular formula is C15H13FN4O. The van der Waals surface area contributed by atoms with Gasteiger partial charge >= 0.3 is 0 Å². The average molecular weight is 284 g/mol. The largest absolute Gasteiger partial charge is 0.497 e. The zero-order valence-electron chi connectivity index (χ0n) is 11.3. The quantitative estimate of drug-likeness (QED) is 0.775. The van der Waals surface area contributed by atoms with Crippen molar-refractivity contribution in [3.05, 3.63) is 48.5 Å². The maximum atomic E-state index is 13.9. The summed E-state index contributed by atoms with van der Waals surface area (Å²) in [5, 5.41) is 6.77. The lowest BCUT2D eigenvalue weighted by Crippen LogP contribution is -1.91. The summed E-state index contributed by atoms with van der Waals surface area (Å²) in [6.45, 7) is 0. The van der Waals surface area contributed by atoms with Gasteiger partial charge in [-0.25, -0.2) is 4.39 Å². The van der Waals surface area contributed by atoms with Crippen molar-refractivity contribution in [2.75, 3.05) is 12.8 Å². The van der Waals surface area contributed by atoms with Gasteiger partial charge in [-0.15, -0.1) is 0 Å². The molecule has 5 nitrogen and oxygen atoms in total. The predicted molar refractivity (Wildman–Crippen MR) is 78.2 cm³/mol. The van der Waals surface area contributed by atoms with Crippen LogP contribution in [0.4, 0.5) is 10.2 Å². The second-order valence-corrected chi connectivity index (χ2v) is 4.44. The Morgan fingerprint density at radius 2 is 1.95 bits per heavy atom. The number of hydrogen-bond donors (Lipinski definition) is 2. The molecule has 0 radical (unpaired) electrons. The predicted octanol–water partition coefficient (Wildman–Crippen LogP) is 2.87. The molecule has 0 saturated heterocycles. The van der Waals surface area contributed by atoms with Crippen molar-refractivity contribution in [2.24, 2.45) is 0 Å². The zero-order valence-corrected chi connectivity index (χ0v) is 11.3. The molecule has 0 saturated carbocycles. The third-order valence-electron chi connectivity index (χ3n) is 3.21. The normalized spacial score (nSPS) is 10.6. The van der Waals surface area contributed by atoms with Crippen molar-refractivity contribution >= 4 is 5.82 Å². The zero-order chi connectivity index (χ0) is 14.8.